The van der Waals surface area contributed by atoms with Gasteiger partial charge in [-0.15, -0.1) is 0 Å². The molecule has 1 aromatic carbocycles. The molecule has 0 aromatic heterocycles. The van der Waals surface area contributed by atoms with E-state index in [0.29, 0.717) is 17.9 Å². The fourth-order valence-corrected chi connectivity index (χ4v) is 1.89. The van der Waals surface area contributed by atoms with Gasteiger partial charge in [0.15, 0.2) is 5.79 Å². The molecule has 0 saturated carbocycles. The molecule has 5 heteroatoms. The number of benzene rings is 1. The summed E-state index contributed by atoms with van der Waals surface area (Å²) in [4.78, 5) is 0. The molecular weight excluding hydrogens is 244 g/mol. The van der Waals surface area contributed by atoms with Crippen molar-refractivity contribution >= 4 is 0 Å². The number of rotatable bonds is 3. The van der Waals surface area contributed by atoms with Crippen molar-refractivity contribution < 1.29 is 14.2 Å². The van der Waals surface area contributed by atoms with Gasteiger partial charge >= 0.3 is 0 Å². The van der Waals surface area contributed by atoms with Crippen molar-refractivity contribution in [3.63, 3.8) is 0 Å². The lowest BCUT2D eigenvalue weighted by atomic mass is 10.1. The van der Waals surface area contributed by atoms with E-state index in [1.54, 1.807) is 18.2 Å². The molecule has 0 amide bonds. The summed E-state index contributed by atoms with van der Waals surface area (Å²) in [6.07, 6.45) is -0.174. The van der Waals surface area contributed by atoms with Crippen LogP contribution in [0.3, 0.4) is 0 Å². The quantitative estimate of drug-likeness (QED) is 0.828. The Morgan fingerprint density at radius 3 is 2.74 bits per heavy atom. The van der Waals surface area contributed by atoms with E-state index in [1.807, 2.05) is 26.0 Å². The molecule has 1 aliphatic rings. The monoisotopic (exact) mass is 258 g/mol. The molecular formula is C14H14N2O3. The first kappa shape index (κ1) is 13.4. The molecule has 19 heavy (non-hydrogen) atoms. The van der Waals surface area contributed by atoms with Crippen molar-refractivity contribution in [2.75, 3.05) is 13.2 Å². The number of ether oxygens (including phenoxy) is 3. The van der Waals surface area contributed by atoms with Crippen LogP contribution in [0, 0.1) is 22.7 Å². The molecule has 1 aliphatic heterocycles. The number of nitrogens with zero attached hydrogens (tertiary/aromatic N) is 2. The van der Waals surface area contributed by atoms with Gasteiger partial charge in [0.2, 0.25) is 0 Å². The number of hydrogen-bond donors (Lipinski definition) is 0. The van der Waals surface area contributed by atoms with Crippen molar-refractivity contribution in [2.24, 2.45) is 0 Å². The highest BCUT2D eigenvalue weighted by atomic mass is 16.7. The van der Waals surface area contributed by atoms with E-state index in [9.17, 15) is 0 Å². The largest absolute Gasteiger partial charge is 0.489 e. The van der Waals surface area contributed by atoms with Gasteiger partial charge in [-0.05, 0) is 26.0 Å². The predicted octanol–water partition coefficient (Wildman–Crippen LogP) is 1.96. The fourth-order valence-electron chi connectivity index (χ4n) is 1.89. The molecule has 1 aromatic rings. The lowest BCUT2D eigenvalue weighted by Gasteiger charge is -2.17. The summed E-state index contributed by atoms with van der Waals surface area (Å²) in [5.74, 6) is -0.199. The first-order valence-electron chi connectivity index (χ1n) is 5.93. The minimum Gasteiger partial charge on any atom is -0.489 e. The maximum absolute atomic E-state index is 9.07. The van der Waals surface area contributed by atoms with Gasteiger partial charge < -0.3 is 14.2 Å². The van der Waals surface area contributed by atoms with Crippen LogP contribution in [0.1, 0.15) is 25.0 Å². The lowest BCUT2D eigenvalue weighted by Crippen LogP contribution is -2.25. The second-order valence-electron chi connectivity index (χ2n) is 4.66. The molecule has 2 rings (SSSR count). The Kier molecular flexibility index (Phi) is 3.71. The number of hydrogen-bond acceptors (Lipinski definition) is 5. The highest BCUT2D eigenvalue weighted by Gasteiger charge is 2.33. The smallest absolute Gasteiger partial charge is 0.163 e. The van der Waals surface area contributed by atoms with Crippen LogP contribution in [-0.4, -0.2) is 25.1 Å². The van der Waals surface area contributed by atoms with Gasteiger partial charge in [0.05, 0.1) is 12.2 Å². The van der Waals surface area contributed by atoms with Gasteiger partial charge in [0.25, 0.3) is 0 Å². The third-order valence-electron chi connectivity index (χ3n) is 2.75. The van der Waals surface area contributed by atoms with Crippen LogP contribution >= 0.6 is 0 Å². The average Bonchev–Trinajstić information content (AvgIpc) is 2.75. The van der Waals surface area contributed by atoms with E-state index in [-0.39, 0.29) is 18.3 Å². The average molecular weight is 258 g/mol. The van der Waals surface area contributed by atoms with Gasteiger partial charge in [-0.3, -0.25) is 0 Å². The highest BCUT2D eigenvalue weighted by Crippen LogP contribution is 2.25. The molecule has 0 bridgehead atoms. The molecule has 0 spiro atoms. The molecule has 1 unspecified atom stereocenters. The summed E-state index contributed by atoms with van der Waals surface area (Å²) >= 11 is 0. The Balaban J connectivity index is 2.05. The molecule has 1 fully saturated rings. The Hall–Kier alpha value is -2.08. The lowest BCUT2D eigenvalue weighted by molar-refractivity contribution is -0.141. The Bertz CT molecular complexity index is 555. The van der Waals surface area contributed by atoms with E-state index in [0.717, 1.165) is 0 Å². The predicted molar refractivity (Wildman–Crippen MR) is 66.3 cm³/mol. The molecule has 1 saturated heterocycles. The van der Waals surface area contributed by atoms with E-state index < -0.39 is 5.79 Å². The zero-order chi connectivity index (χ0) is 13.9. The maximum Gasteiger partial charge on any atom is 0.163 e. The van der Waals surface area contributed by atoms with Crippen molar-refractivity contribution in [3.05, 3.63) is 29.3 Å². The second-order valence-corrected chi connectivity index (χ2v) is 4.66. The standard InChI is InChI=1S/C14H14N2O3/c1-14(2)18-9-11(19-14)8-17-13-5-3-4-10(6-15)12(13)7-16/h3-5,11H,8-9H2,1-2H3. The topological polar surface area (TPSA) is 75.3 Å². The van der Waals surface area contributed by atoms with E-state index in [4.69, 9.17) is 24.7 Å². The maximum atomic E-state index is 9.07. The Morgan fingerprint density at radius 1 is 1.37 bits per heavy atom. The minimum atomic E-state index is -0.597. The van der Waals surface area contributed by atoms with Crippen molar-refractivity contribution in [1.29, 1.82) is 10.5 Å². The summed E-state index contributed by atoms with van der Waals surface area (Å²) in [5.41, 5.74) is 0.562. The van der Waals surface area contributed by atoms with E-state index >= 15 is 0 Å². The summed E-state index contributed by atoms with van der Waals surface area (Å²) < 4.78 is 16.6. The van der Waals surface area contributed by atoms with Crippen LogP contribution < -0.4 is 4.74 Å². The van der Waals surface area contributed by atoms with Crippen LogP contribution in [0.4, 0.5) is 0 Å². The highest BCUT2D eigenvalue weighted by molar-refractivity contribution is 5.53. The van der Waals surface area contributed by atoms with Gasteiger partial charge in [-0.1, -0.05) is 6.07 Å². The molecule has 98 valence electrons. The summed E-state index contributed by atoms with van der Waals surface area (Å²) in [6, 6.07) is 8.90. The van der Waals surface area contributed by atoms with Crippen LogP contribution in [0.5, 0.6) is 5.75 Å². The van der Waals surface area contributed by atoms with Crippen molar-refractivity contribution in [3.8, 4) is 17.9 Å². The second kappa shape index (κ2) is 5.27. The van der Waals surface area contributed by atoms with Crippen LogP contribution in [0.25, 0.3) is 0 Å². The normalized spacial score (nSPS) is 20.5. The van der Waals surface area contributed by atoms with Gasteiger partial charge in [-0.2, -0.15) is 10.5 Å². The van der Waals surface area contributed by atoms with Crippen molar-refractivity contribution in [2.45, 2.75) is 25.7 Å². The van der Waals surface area contributed by atoms with E-state index in [1.165, 1.54) is 0 Å². The van der Waals surface area contributed by atoms with Crippen molar-refractivity contribution in [1.82, 2.24) is 0 Å². The summed E-state index contributed by atoms with van der Waals surface area (Å²) in [7, 11) is 0. The molecule has 0 N–H and O–H groups in total. The minimum absolute atomic E-state index is 0.174. The zero-order valence-electron chi connectivity index (χ0n) is 10.8. The SMILES string of the molecule is CC1(C)OCC(COc2cccc(C#N)c2C#N)O1. The Labute approximate surface area is 111 Å². The van der Waals surface area contributed by atoms with E-state index in [2.05, 4.69) is 0 Å². The van der Waals surface area contributed by atoms with Crippen LogP contribution in [-0.2, 0) is 9.47 Å². The third kappa shape index (κ3) is 3.03. The third-order valence-corrected chi connectivity index (χ3v) is 2.75. The van der Waals surface area contributed by atoms with Gasteiger partial charge in [-0.25, -0.2) is 0 Å². The fraction of sp³-hybridized carbons (Fsp3) is 0.429. The van der Waals surface area contributed by atoms with Gasteiger partial charge in [0, 0.05) is 0 Å². The summed E-state index contributed by atoms with van der Waals surface area (Å²) in [6.45, 7) is 4.41. The Morgan fingerprint density at radius 2 is 2.16 bits per heavy atom. The first-order valence-corrected chi connectivity index (χ1v) is 5.93. The molecule has 1 heterocycles. The molecule has 0 radical (unpaired) electrons. The molecule has 5 nitrogen and oxygen atoms in total. The molecule has 1 atom stereocenters. The van der Waals surface area contributed by atoms with Gasteiger partial charge in [0.1, 0.15) is 36.2 Å². The van der Waals surface area contributed by atoms with Crippen LogP contribution in [0.2, 0.25) is 0 Å². The van der Waals surface area contributed by atoms with Crippen LogP contribution in [0.15, 0.2) is 18.2 Å². The summed E-state index contributed by atoms with van der Waals surface area (Å²) in [5, 5.41) is 18.0. The molecule has 0 aliphatic carbocycles. The first-order chi connectivity index (χ1) is 9.05. The zero-order valence-corrected chi connectivity index (χ0v) is 10.8. The number of nitriles is 2.